The summed E-state index contributed by atoms with van der Waals surface area (Å²) in [7, 11) is 0. The van der Waals surface area contributed by atoms with Gasteiger partial charge in [0.1, 0.15) is 0 Å². The highest BCUT2D eigenvalue weighted by atomic mass is 16.4. The van der Waals surface area contributed by atoms with E-state index in [4.69, 9.17) is 5.11 Å². The normalized spacial score (nSPS) is 36.8. The topological polar surface area (TPSA) is 74.6 Å². The van der Waals surface area contributed by atoms with Crippen LogP contribution >= 0.6 is 0 Å². The largest absolute Gasteiger partial charge is 0.478 e. The van der Waals surface area contributed by atoms with Crippen molar-refractivity contribution in [2.24, 2.45) is 11.3 Å². The van der Waals surface area contributed by atoms with Gasteiger partial charge in [-0.15, -0.1) is 0 Å². The van der Waals surface area contributed by atoms with E-state index < -0.39 is 17.0 Å². The third kappa shape index (κ3) is 2.00. The van der Waals surface area contributed by atoms with E-state index in [9.17, 15) is 14.7 Å². The molecule has 0 aromatic carbocycles. The van der Waals surface area contributed by atoms with Gasteiger partial charge >= 0.3 is 5.97 Å². The van der Waals surface area contributed by atoms with Crippen LogP contribution in [0.3, 0.4) is 0 Å². The number of carboxylic acid groups (broad SMARTS) is 1. The molecule has 2 aliphatic rings. The summed E-state index contributed by atoms with van der Waals surface area (Å²) in [5.74, 6) is 4.25. The quantitative estimate of drug-likeness (QED) is 0.550. The zero-order chi connectivity index (χ0) is 14.4. The third-order valence-corrected chi connectivity index (χ3v) is 4.12. The van der Waals surface area contributed by atoms with Gasteiger partial charge in [-0.2, -0.15) is 0 Å². The number of aliphatic carboxylic acids is 1. The molecule has 4 heteroatoms. The molecule has 0 aliphatic heterocycles. The summed E-state index contributed by atoms with van der Waals surface area (Å²) in [6.07, 6.45) is 3.06. The van der Waals surface area contributed by atoms with Crippen LogP contribution in [0.25, 0.3) is 0 Å². The van der Waals surface area contributed by atoms with Crippen LogP contribution in [0, 0.1) is 23.2 Å². The van der Waals surface area contributed by atoms with Crippen LogP contribution in [-0.4, -0.2) is 27.6 Å². The monoisotopic (exact) mass is 260 g/mol. The fourth-order valence-electron chi connectivity index (χ4n) is 2.70. The molecule has 3 unspecified atom stereocenters. The lowest BCUT2D eigenvalue weighted by Crippen LogP contribution is -2.42. The van der Waals surface area contributed by atoms with E-state index in [1.807, 2.05) is 6.92 Å². The van der Waals surface area contributed by atoms with Crippen LogP contribution in [0.5, 0.6) is 0 Å². The molecule has 0 heterocycles. The fourth-order valence-corrected chi connectivity index (χ4v) is 2.70. The molecule has 3 atom stereocenters. The van der Waals surface area contributed by atoms with Gasteiger partial charge in [-0.25, -0.2) is 4.79 Å². The van der Waals surface area contributed by atoms with E-state index in [1.54, 1.807) is 13.8 Å². The van der Waals surface area contributed by atoms with Crippen molar-refractivity contribution in [3.05, 3.63) is 23.3 Å². The molecule has 0 aromatic rings. The minimum absolute atomic E-state index is 0.0456. The first-order valence-electron chi connectivity index (χ1n) is 6.10. The number of carbonyl (C=O) groups excluding carboxylic acids is 1. The van der Waals surface area contributed by atoms with Gasteiger partial charge in [-0.05, 0) is 31.9 Å². The van der Waals surface area contributed by atoms with Crippen molar-refractivity contribution in [2.45, 2.75) is 32.8 Å². The maximum absolute atomic E-state index is 11.7. The SMILES string of the molecule is CC1=CC(=O)C2CC2(C)C1(O)C#C/C(C)=C\C(=O)O. The van der Waals surface area contributed by atoms with Gasteiger partial charge in [0.05, 0.1) is 0 Å². The van der Waals surface area contributed by atoms with Crippen molar-refractivity contribution in [1.29, 1.82) is 0 Å². The molecule has 1 saturated carbocycles. The van der Waals surface area contributed by atoms with Gasteiger partial charge in [0.15, 0.2) is 11.4 Å². The highest BCUT2D eigenvalue weighted by Gasteiger charge is 2.67. The standard InChI is InChI=1S/C15H16O4/c1-9(6-13(17)18)4-5-15(19)10(2)7-12(16)11-8-14(11,15)3/h6-7,11,19H,8H2,1-3H3,(H,17,18)/b9-6-. The summed E-state index contributed by atoms with van der Waals surface area (Å²) in [5, 5.41) is 19.4. The lowest BCUT2D eigenvalue weighted by Gasteiger charge is -2.33. The van der Waals surface area contributed by atoms with Crippen molar-refractivity contribution in [2.75, 3.05) is 0 Å². The molecule has 1 fully saturated rings. The average molecular weight is 260 g/mol. The van der Waals surface area contributed by atoms with Crippen molar-refractivity contribution in [3.8, 4) is 11.8 Å². The zero-order valence-corrected chi connectivity index (χ0v) is 11.2. The molecule has 19 heavy (non-hydrogen) atoms. The summed E-state index contributed by atoms with van der Waals surface area (Å²) < 4.78 is 0. The first-order chi connectivity index (χ1) is 8.70. The molecule has 0 amide bonds. The first-order valence-corrected chi connectivity index (χ1v) is 6.10. The predicted octanol–water partition coefficient (Wildman–Crippen LogP) is 1.31. The minimum atomic E-state index is -1.35. The van der Waals surface area contributed by atoms with E-state index in [2.05, 4.69) is 11.8 Å². The van der Waals surface area contributed by atoms with Gasteiger partial charge < -0.3 is 10.2 Å². The number of aliphatic hydroxyl groups is 1. The average Bonchev–Trinajstić information content (AvgIpc) is 2.98. The van der Waals surface area contributed by atoms with Gasteiger partial charge in [0.25, 0.3) is 0 Å². The van der Waals surface area contributed by atoms with Crippen LogP contribution in [0.2, 0.25) is 0 Å². The van der Waals surface area contributed by atoms with Crippen molar-refractivity contribution < 1.29 is 19.8 Å². The van der Waals surface area contributed by atoms with Crippen molar-refractivity contribution >= 4 is 11.8 Å². The molecule has 2 N–H and O–H groups in total. The molecule has 2 aliphatic carbocycles. The first kappa shape index (κ1) is 13.6. The van der Waals surface area contributed by atoms with Crippen LogP contribution < -0.4 is 0 Å². The Bertz CT molecular complexity index is 587. The molecular formula is C15H16O4. The Morgan fingerprint density at radius 2 is 2.21 bits per heavy atom. The number of rotatable bonds is 1. The van der Waals surface area contributed by atoms with Gasteiger partial charge in [0.2, 0.25) is 0 Å². The Morgan fingerprint density at radius 1 is 1.58 bits per heavy atom. The van der Waals surface area contributed by atoms with Gasteiger partial charge in [-0.1, -0.05) is 18.8 Å². The van der Waals surface area contributed by atoms with Crippen LogP contribution in [0.1, 0.15) is 27.2 Å². The van der Waals surface area contributed by atoms with Crippen LogP contribution in [-0.2, 0) is 9.59 Å². The second kappa shape index (κ2) is 4.07. The summed E-state index contributed by atoms with van der Waals surface area (Å²) in [6.45, 7) is 5.10. The third-order valence-electron chi connectivity index (χ3n) is 4.12. The summed E-state index contributed by atoms with van der Waals surface area (Å²) in [5.41, 5.74) is -0.991. The second-order valence-electron chi connectivity index (χ2n) is 5.53. The Morgan fingerprint density at radius 3 is 2.79 bits per heavy atom. The van der Waals surface area contributed by atoms with Crippen molar-refractivity contribution in [1.82, 2.24) is 0 Å². The highest BCUT2D eigenvalue weighted by Crippen LogP contribution is 2.63. The Kier molecular flexibility index (Phi) is 2.91. The molecule has 0 bridgehead atoms. The van der Waals surface area contributed by atoms with E-state index >= 15 is 0 Å². The van der Waals surface area contributed by atoms with Crippen LogP contribution in [0.15, 0.2) is 23.3 Å². The number of ketones is 1. The lowest BCUT2D eigenvalue weighted by atomic mass is 9.74. The van der Waals surface area contributed by atoms with Gasteiger partial charge in [-0.3, -0.25) is 4.79 Å². The van der Waals surface area contributed by atoms with Crippen molar-refractivity contribution in [3.63, 3.8) is 0 Å². The molecule has 0 aromatic heterocycles. The lowest BCUT2D eigenvalue weighted by molar-refractivity contribution is -0.131. The molecule has 2 rings (SSSR count). The number of hydrogen-bond acceptors (Lipinski definition) is 3. The summed E-state index contributed by atoms with van der Waals surface area (Å²) in [4.78, 5) is 22.2. The van der Waals surface area contributed by atoms with E-state index in [0.29, 0.717) is 17.6 Å². The molecule has 100 valence electrons. The number of carbonyl (C=O) groups is 2. The highest BCUT2D eigenvalue weighted by molar-refractivity contribution is 5.98. The maximum Gasteiger partial charge on any atom is 0.329 e. The summed E-state index contributed by atoms with van der Waals surface area (Å²) in [6, 6.07) is 0. The van der Waals surface area contributed by atoms with Crippen LogP contribution in [0.4, 0.5) is 0 Å². The minimum Gasteiger partial charge on any atom is -0.478 e. The molecular weight excluding hydrogens is 244 g/mol. The van der Waals surface area contributed by atoms with Gasteiger partial charge in [0, 0.05) is 23.0 Å². The molecule has 0 radical (unpaired) electrons. The Hall–Kier alpha value is -1.86. The van der Waals surface area contributed by atoms with E-state index in [1.165, 1.54) is 6.08 Å². The summed E-state index contributed by atoms with van der Waals surface area (Å²) >= 11 is 0. The number of carboxylic acids is 1. The fraction of sp³-hybridized carbons (Fsp3) is 0.467. The number of hydrogen-bond donors (Lipinski definition) is 2. The van der Waals surface area contributed by atoms with E-state index in [-0.39, 0.29) is 11.7 Å². The Balaban J connectivity index is 2.39. The molecule has 0 spiro atoms. The second-order valence-corrected chi connectivity index (χ2v) is 5.53. The van der Waals surface area contributed by atoms with E-state index in [0.717, 1.165) is 6.08 Å². The number of allylic oxidation sites excluding steroid dienone is 2. The molecule has 0 saturated heterocycles. The predicted molar refractivity (Wildman–Crippen MR) is 69.1 cm³/mol. The smallest absolute Gasteiger partial charge is 0.329 e. The Labute approximate surface area is 111 Å². The maximum atomic E-state index is 11.7. The zero-order valence-electron chi connectivity index (χ0n) is 11.2. The number of fused-ring (bicyclic) bond motifs is 1. The molecule has 4 nitrogen and oxygen atoms in total.